The minimum Gasteiger partial charge on any atom is -0.334 e. The zero-order valence-electron chi connectivity index (χ0n) is 11.2. The monoisotopic (exact) mass is 340 g/mol. The van der Waals surface area contributed by atoms with Gasteiger partial charge in [-0.05, 0) is 50.4 Å². The van der Waals surface area contributed by atoms with Crippen LogP contribution in [-0.4, -0.2) is 36.0 Å². The molecular formula is C15H18BrFN2O. The van der Waals surface area contributed by atoms with Crippen LogP contribution < -0.4 is 5.32 Å². The first-order chi connectivity index (χ1) is 9.65. The third-order valence-corrected chi connectivity index (χ3v) is 4.48. The van der Waals surface area contributed by atoms with Crippen LogP contribution in [0.1, 0.15) is 36.0 Å². The highest BCUT2D eigenvalue weighted by Crippen LogP contribution is 2.30. The van der Waals surface area contributed by atoms with Crippen LogP contribution in [0.25, 0.3) is 0 Å². The summed E-state index contributed by atoms with van der Waals surface area (Å²) in [6, 6.07) is 5.30. The molecule has 1 saturated heterocycles. The lowest BCUT2D eigenvalue weighted by Crippen LogP contribution is -2.42. The van der Waals surface area contributed by atoms with Crippen molar-refractivity contribution in [3.63, 3.8) is 0 Å². The van der Waals surface area contributed by atoms with E-state index in [9.17, 15) is 9.18 Å². The van der Waals surface area contributed by atoms with Crippen LogP contribution in [0.15, 0.2) is 22.7 Å². The maximum Gasteiger partial charge on any atom is 0.257 e. The predicted octanol–water partition coefficient (Wildman–Crippen LogP) is 2.94. The third-order valence-electron chi connectivity index (χ3n) is 3.99. The molecule has 1 saturated carbocycles. The lowest BCUT2D eigenvalue weighted by Gasteiger charge is -2.26. The van der Waals surface area contributed by atoms with Crippen molar-refractivity contribution < 1.29 is 9.18 Å². The molecule has 1 aromatic rings. The summed E-state index contributed by atoms with van der Waals surface area (Å²) in [5.74, 6) is -0.624. The fraction of sp³-hybridized carbons (Fsp3) is 0.533. The fourth-order valence-electron chi connectivity index (χ4n) is 2.75. The molecule has 0 bridgehead atoms. The maximum atomic E-state index is 14.0. The van der Waals surface area contributed by atoms with Gasteiger partial charge in [-0.25, -0.2) is 4.39 Å². The molecule has 3 nitrogen and oxygen atoms in total. The predicted molar refractivity (Wildman–Crippen MR) is 79.2 cm³/mol. The molecule has 1 atom stereocenters. The second-order valence-corrected chi connectivity index (χ2v) is 6.52. The van der Waals surface area contributed by atoms with Gasteiger partial charge in [0.15, 0.2) is 0 Å². The van der Waals surface area contributed by atoms with E-state index in [2.05, 4.69) is 21.2 Å². The molecule has 1 heterocycles. The van der Waals surface area contributed by atoms with Gasteiger partial charge in [-0.15, -0.1) is 0 Å². The van der Waals surface area contributed by atoms with Crippen LogP contribution in [0, 0.1) is 5.82 Å². The van der Waals surface area contributed by atoms with Crippen LogP contribution in [0.5, 0.6) is 0 Å². The Hall–Kier alpha value is -0.940. The Morgan fingerprint density at radius 3 is 2.80 bits per heavy atom. The van der Waals surface area contributed by atoms with Gasteiger partial charge < -0.3 is 10.2 Å². The first-order valence-electron chi connectivity index (χ1n) is 7.14. The van der Waals surface area contributed by atoms with Gasteiger partial charge in [0.25, 0.3) is 5.91 Å². The number of hydrogen-bond donors (Lipinski definition) is 1. The van der Waals surface area contributed by atoms with Crippen molar-refractivity contribution in [3.8, 4) is 0 Å². The van der Waals surface area contributed by atoms with Crippen LogP contribution in [-0.2, 0) is 0 Å². The summed E-state index contributed by atoms with van der Waals surface area (Å²) in [5, 5.41) is 3.40. The first kappa shape index (κ1) is 14.0. The lowest BCUT2D eigenvalue weighted by atomic mass is 10.1. The molecule has 20 heavy (non-hydrogen) atoms. The van der Waals surface area contributed by atoms with Crippen LogP contribution in [0.2, 0.25) is 0 Å². The van der Waals surface area contributed by atoms with Gasteiger partial charge >= 0.3 is 0 Å². The Morgan fingerprint density at radius 1 is 1.40 bits per heavy atom. The van der Waals surface area contributed by atoms with E-state index in [0.717, 1.165) is 32.2 Å². The number of benzene rings is 1. The molecule has 1 amide bonds. The number of nitrogens with one attached hydrogen (secondary N) is 1. The number of carbonyl (C=O) groups is 1. The van der Waals surface area contributed by atoms with Crippen molar-refractivity contribution in [2.75, 3.05) is 13.1 Å². The molecule has 2 aliphatic rings. The van der Waals surface area contributed by atoms with Crippen molar-refractivity contribution in [2.45, 2.75) is 37.8 Å². The first-order valence-corrected chi connectivity index (χ1v) is 7.94. The van der Waals surface area contributed by atoms with E-state index in [-0.39, 0.29) is 11.5 Å². The number of hydrogen-bond acceptors (Lipinski definition) is 2. The number of amides is 1. The summed E-state index contributed by atoms with van der Waals surface area (Å²) >= 11 is 3.22. The van der Waals surface area contributed by atoms with Crippen molar-refractivity contribution >= 4 is 21.8 Å². The number of carbonyl (C=O) groups excluding carboxylic acids is 1. The van der Waals surface area contributed by atoms with E-state index in [0.29, 0.717) is 23.1 Å². The molecule has 1 aromatic carbocycles. The molecule has 0 radical (unpaired) electrons. The molecule has 5 heteroatoms. The minimum atomic E-state index is -0.450. The van der Waals surface area contributed by atoms with Gasteiger partial charge in [0.1, 0.15) is 5.82 Å². The lowest BCUT2D eigenvalue weighted by molar-refractivity contribution is 0.0724. The van der Waals surface area contributed by atoms with E-state index >= 15 is 0 Å². The molecule has 1 unspecified atom stereocenters. The summed E-state index contributed by atoms with van der Waals surface area (Å²) in [4.78, 5) is 14.4. The summed E-state index contributed by atoms with van der Waals surface area (Å²) in [7, 11) is 0. The molecule has 1 N–H and O–H groups in total. The number of rotatable bonds is 4. The Balaban J connectivity index is 1.77. The Kier molecular flexibility index (Phi) is 4.08. The van der Waals surface area contributed by atoms with Crippen LogP contribution in [0.3, 0.4) is 0 Å². The third kappa shape index (κ3) is 3.04. The van der Waals surface area contributed by atoms with Gasteiger partial charge in [0, 0.05) is 23.1 Å². The Labute approximate surface area is 126 Å². The smallest absolute Gasteiger partial charge is 0.257 e. The highest BCUT2D eigenvalue weighted by Gasteiger charge is 2.35. The van der Waals surface area contributed by atoms with E-state index in [1.165, 1.54) is 6.07 Å². The summed E-state index contributed by atoms with van der Waals surface area (Å²) in [6.07, 6.45) is 4.33. The van der Waals surface area contributed by atoms with Crippen LogP contribution in [0.4, 0.5) is 4.39 Å². The zero-order valence-corrected chi connectivity index (χ0v) is 12.8. The van der Waals surface area contributed by atoms with Gasteiger partial charge in [0.05, 0.1) is 5.56 Å². The van der Waals surface area contributed by atoms with E-state index in [1.54, 1.807) is 12.1 Å². The zero-order chi connectivity index (χ0) is 14.1. The van der Waals surface area contributed by atoms with E-state index < -0.39 is 5.82 Å². The summed E-state index contributed by atoms with van der Waals surface area (Å²) < 4.78 is 14.6. The van der Waals surface area contributed by atoms with Crippen molar-refractivity contribution in [2.24, 2.45) is 0 Å². The average Bonchev–Trinajstić information content (AvgIpc) is 3.12. The van der Waals surface area contributed by atoms with E-state index in [4.69, 9.17) is 0 Å². The normalized spacial score (nSPS) is 22.0. The molecule has 1 aliphatic carbocycles. The molecule has 1 aliphatic heterocycles. The molecule has 0 spiro atoms. The molecule has 3 rings (SSSR count). The topological polar surface area (TPSA) is 32.3 Å². The summed E-state index contributed by atoms with van der Waals surface area (Å²) in [6.45, 7) is 1.71. The van der Waals surface area contributed by atoms with E-state index in [1.807, 2.05) is 4.90 Å². The largest absolute Gasteiger partial charge is 0.334 e. The Bertz CT molecular complexity index is 513. The molecule has 2 fully saturated rings. The molecule has 108 valence electrons. The second-order valence-electron chi connectivity index (χ2n) is 5.61. The molecular weight excluding hydrogens is 323 g/mol. The minimum absolute atomic E-state index is 0.175. The van der Waals surface area contributed by atoms with Gasteiger partial charge in [-0.2, -0.15) is 0 Å². The Morgan fingerprint density at radius 2 is 2.20 bits per heavy atom. The van der Waals surface area contributed by atoms with Gasteiger partial charge in [-0.3, -0.25) is 4.79 Å². The summed E-state index contributed by atoms with van der Waals surface area (Å²) in [5.41, 5.74) is 0.179. The highest BCUT2D eigenvalue weighted by atomic mass is 79.9. The SMILES string of the molecule is O=C(c1ccc(Br)cc1F)N(CC1CCCN1)C1CC1. The highest BCUT2D eigenvalue weighted by molar-refractivity contribution is 9.10. The van der Waals surface area contributed by atoms with Gasteiger partial charge in [0.2, 0.25) is 0 Å². The number of halogens is 2. The quantitative estimate of drug-likeness (QED) is 0.913. The average molecular weight is 341 g/mol. The standard InChI is InChI=1S/C15H18BrFN2O/c16-10-3-6-13(14(17)8-10)15(20)19(12-4-5-12)9-11-2-1-7-18-11/h3,6,8,11-12,18H,1-2,4-5,7,9H2. The van der Waals surface area contributed by atoms with Crippen molar-refractivity contribution in [3.05, 3.63) is 34.1 Å². The van der Waals surface area contributed by atoms with Crippen LogP contribution >= 0.6 is 15.9 Å². The maximum absolute atomic E-state index is 14.0. The molecule has 0 aromatic heterocycles. The van der Waals surface area contributed by atoms with Crippen molar-refractivity contribution in [1.82, 2.24) is 10.2 Å². The number of nitrogens with zero attached hydrogens (tertiary/aromatic N) is 1. The fourth-order valence-corrected chi connectivity index (χ4v) is 3.08. The second kappa shape index (κ2) is 5.82. The van der Waals surface area contributed by atoms with Gasteiger partial charge in [-0.1, -0.05) is 15.9 Å². The van der Waals surface area contributed by atoms with Crippen molar-refractivity contribution in [1.29, 1.82) is 0 Å².